The number of ether oxygens (including phenoxy) is 2. The zero-order valence-electron chi connectivity index (χ0n) is 16.6. The Hall–Kier alpha value is -3.88. The van der Waals surface area contributed by atoms with Gasteiger partial charge in [0.2, 0.25) is 0 Å². The third-order valence-corrected chi connectivity index (χ3v) is 3.95. The Bertz CT molecular complexity index is 901. The Morgan fingerprint density at radius 1 is 0.933 bits per heavy atom. The molecule has 1 atom stereocenters. The average Bonchev–Trinajstić information content (AvgIpc) is 2.76. The molecule has 9 heteroatoms. The van der Waals surface area contributed by atoms with Crippen LogP contribution in [0.25, 0.3) is 0 Å². The van der Waals surface area contributed by atoms with Crippen LogP contribution in [0.15, 0.2) is 54.6 Å². The van der Waals surface area contributed by atoms with Gasteiger partial charge in [0.1, 0.15) is 12.3 Å². The molecule has 0 aliphatic carbocycles. The summed E-state index contributed by atoms with van der Waals surface area (Å²) < 4.78 is 10.0. The Morgan fingerprint density at radius 3 is 2.30 bits per heavy atom. The van der Waals surface area contributed by atoms with E-state index in [-0.39, 0.29) is 12.1 Å². The van der Waals surface area contributed by atoms with Gasteiger partial charge < -0.3 is 20.1 Å². The van der Waals surface area contributed by atoms with Gasteiger partial charge in [-0.15, -0.1) is 0 Å². The minimum Gasteiger partial charge on any atom is -0.496 e. The fraction of sp³-hybridized carbons (Fsp3) is 0.238. The fourth-order valence-electron chi connectivity index (χ4n) is 2.41. The number of carbonyl (C=O) groups is 4. The lowest BCUT2D eigenvalue weighted by atomic mass is 10.2. The molecule has 0 aromatic heterocycles. The quantitative estimate of drug-likeness (QED) is 0.562. The lowest BCUT2D eigenvalue weighted by Crippen LogP contribution is -2.45. The number of hydrogen-bond donors (Lipinski definition) is 3. The maximum Gasteiger partial charge on any atom is 0.326 e. The normalized spacial score (nSPS) is 11.0. The van der Waals surface area contributed by atoms with Crippen molar-refractivity contribution in [3.63, 3.8) is 0 Å². The van der Waals surface area contributed by atoms with Crippen LogP contribution < -0.4 is 20.7 Å². The Morgan fingerprint density at radius 2 is 1.60 bits per heavy atom. The van der Waals surface area contributed by atoms with Gasteiger partial charge in [0.15, 0.2) is 6.10 Å². The van der Waals surface area contributed by atoms with Gasteiger partial charge in [0, 0.05) is 6.54 Å². The summed E-state index contributed by atoms with van der Waals surface area (Å²) in [7, 11) is 1.43. The molecule has 2 aromatic rings. The van der Waals surface area contributed by atoms with E-state index in [0.29, 0.717) is 5.75 Å². The van der Waals surface area contributed by atoms with Gasteiger partial charge in [-0.25, -0.2) is 4.79 Å². The van der Waals surface area contributed by atoms with Gasteiger partial charge in [-0.3, -0.25) is 19.7 Å². The number of nitrogens with one attached hydrogen (secondary N) is 3. The third kappa shape index (κ3) is 6.93. The molecule has 0 saturated carbocycles. The van der Waals surface area contributed by atoms with Crippen LogP contribution in [0.2, 0.25) is 0 Å². The van der Waals surface area contributed by atoms with Gasteiger partial charge in [-0.1, -0.05) is 42.5 Å². The lowest BCUT2D eigenvalue weighted by molar-refractivity contribution is -0.153. The molecule has 0 bridgehead atoms. The van der Waals surface area contributed by atoms with Crippen LogP contribution in [0.1, 0.15) is 22.8 Å². The number of rotatable bonds is 8. The summed E-state index contributed by atoms with van der Waals surface area (Å²) in [6, 6.07) is 15.0. The Kier molecular flexibility index (Phi) is 8.37. The molecule has 158 valence electrons. The highest BCUT2D eigenvalue weighted by molar-refractivity contribution is 5.99. The first-order valence-corrected chi connectivity index (χ1v) is 9.14. The standard InChI is InChI=1S/C21H23N3O6/c1-14(19(26)24-21(28)23-12-15-8-4-3-5-9-15)30-18(25)13-22-20(27)16-10-6-7-11-17(16)29-2/h3-11,14H,12-13H2,1-2H3,(H,22,27)(H2,23,24,26,28)/t14-/m0/s1. The van der Waals surface area contributed by atoms with Crippen molar-refractivity contribution in [3.05, 3.63) is 65.7 Å². The molecule has 2 aromatic carbocycles. The molecule has 0 spiro atoms. The van der Waals surface area contributed by atoms with Gasteiger partial charge in [0.25, 0.3) is 11.8 Å². The largest absolute Gasteiger partial charge is 0.496 e. The van der Waals surface area contributed by atoms with Crippen LogP contribution in [0.3, 0.4) is 0 Å². The number of esters is 1. The maximum atomic E-state index is 12.2. The summed E-state index contributed by atoms with van der Waals surface area (Å²) in [6.07, 6.45) is -1.22. The molecule has 3 N–H and O–H groups in total. The molecule has 0 unspecified atom stereocenters. The first-order chi connectivity index (χ1) is 14.4. The maximum absolute atomic E-state index is 12.2. The topological polar surface area (TPSA) is 123 Å². The van der Waals surface area contributed by atoms with Crippen molar-refractivity contribution in [1.29, 1.82) is 0 Å². The molecule has 9 nitrogen and oxygen atoms in total. The summed E-state index contributed by atoms with van der Waals surface area (Å²) in [5, 5.41) is 7.01. The number of benzene rings is 2. The van der Waals surface area contributed by atoms with E-state index in [4.69, 9.17) is 9.47 Å². The van der Waals surface area contributed by atoms with E-state index in [9.17, 15) is 19.2 Å². The average molecular weight is 413 g/mol. The zero-order valence-corrected chi connectivity index (χ0v) is 16.6. The van der Waals surface area contributed by atoms with E-state index >= 15 is 0 Å². The zero-order chi connectivity index (χ0) is 21.9. The number of amides is 4. The van der Waals surface area contributed by atoms with E-state index in [1.807, 2.05) is 30.3 Å². The highest BCUT2D eigenvalue weighted by Gasteiger charge is 2.20. The smallest absolute Gasteiger partial charge is 0.326 e. The molecule has 0 saturated heterocycles. The van der Waals surface area contributed by atoms with Crippen LogP contribution >= 0.6 is 0 Å². The summed E-state index contributed by atoms with van der Waals surface area (Å²) in [5.41, 5.74) is 1.12. The molecule has 0 radical (unpaired) electrons. The van der Waals surface area contributed by atoms with Crippen LogP contribution in [0.4, 0.5) is 4.79 Å². The lowest BCUT2D eigenvalue weighted by Gasteiger charge is -2.14. The molecule has 0 fully saturated rings. The van der Waals surface area contributed by atoms with E-state index in [0.717, 1.165) is 5.56 Å². The second-order valence-corrected chi connectivity index (χ2v) is 6.17. The van der Waals surface area contributed by atoms with Crippen LogP contribution in [-0.2, 0) is 20.9 Å². The predicted octanol–water partition coefficient (Wildman–Crippen LogP) is 1.38. The highest BCUT2D eigenvalue weighted by Crippen LogP contribution is 2.16. The molecular formula is C21H23N3O6. The van der Waals surface area contributed by atoms with Crippen molar-refractivity contribution < 1.29 is 28.7 Å². The summed E-state index contributed by atoms with van der Waals surface area (Å²) >= 11 is 0. The number of para-hydroxylation sites is 1. The number of carbonyl (C=O) groups excluding carboxylic acids is 4. The second kappa shape index (κ2) is 11.2. The number of urea groups is 1. The minimum absolute atomic E-state index is 0.239. The van der Waals surface area contributed by atoms with Gasteiger partial charge in [0.05, 0.1) is 12.7 Å². The minimum atomic E-state index is -1.22. The first-order valence-electron chi connectivity index (χ1n) is 9.14. The van der Waals surface area contributed by atoms with Crippen molar-refractivity contribution in [2.24, 2.45) is 0 Å². The van der Waals surface area contributed by atoms with Crippen LogP contribution in [-0.4, -0.2) is 43.6 Å². The third-order valence-electron chi connectivity index (χ3n) is 3.95. The molecule has 2 rings (SSSR count). The van der Waals surface area contributed by atoms with E-state index in [2.05, 4.69) is 16.0 Å². The molecule has 0 aliphatic rings. The van der Waals surface area contributed by atoms with Crippen molar-refractivity contribution in [2.75, 3.05) is 13.7 Å². The summed E-state index contributed by atoms with van der Waals surface area (Å²) in [4.78, 5) is 47.8. The number of hydrogen-bond acceptors (Lipinski definition) is 6. The first kappa shape index (κ1) is 22.4. The molecular weight excluding hydrogens is 390 g/mol. The van der Waals surface area contributed by atoms with E-state index < -0.39 is 36.5 Å². The van der Waals surface area contributed by atoms with Crippen molar-refractivity contribution >= 4 is 23.8 Å². The molecule has 0 aliphatic heterocycles. The Balaban J connectivity index is 1.74. The van der Waals surface area contributed by atoms with Crippen LogP contribution in [0, 0.1) is 0 Å². The predicted molar refractivity (Wildman–Crippen MR) is 108 cm³/mol. The SMILES string of the molecule is COc1ccccc1C(=O)NCC(=O)O[C@@H](C)C(=O)NC(=O)NCc1ccccc1. The van der Waals surface area contributed by atoms with Crippen LogP contribution in [0.5, 0.6) is 5.75 Å². The summed E-state index contributed by atoms with van der Waals surface area (Å²) in [6.45, 7) is 1.11. The number of imide groups is 1. The van der Waals surface area contributed by atoms with Crippen molar-refractivity contribution in [1.82, 2.24) is 16.0 Å². The fourth-order valence-corrected chi connectivity index (χ4v) is 2.41. The van der Waals surface area contributed by atoms with Gasteiger partial charge in [-0.05, 0) is 24.6 Å². The molecule has 30 heavy (non-hydrogen) atoms. The number of methoxy groups -OCH3 is 1. The van der Waals surface area contributed by atoms with Gasteiger partial charge >= 0.3 is 12.0 Å². The monoisotopic (exact) mass is 413 g/mol. The van der Waals surface area contributed by atoms with E-state index in [1.165, 1.54) is 14.0 Å². The summed E-state index contributed by atoms with van der Waals surface area (Å²) in [5.74, 6) is -1.78. The molecule has 0 heterocycles. The molecule has 4 amide bonds. The second-order valence-electron chi connectivity index (χ2n) is 6.17. The van der Waals surface area contributed by atoms with E-state index in [1.54, 1.807) is 24.3 Å². The van der Waals surface area contributed by atoms with Gasteiger partial charge in [-0.2, -0.15) is 0 Å². The van der Waals surface area contributed by atoms with Crippen molar-refractivity contribution in [2.45, 2.75) is 19.6 Å². The highest BCUT2D eigenvalue weighted by atomic mass is 16.5. The Labute approximate surface area is 173 Å². The van der Waals surface area contributed by atoms with Crippen molar-refractivity contribution in [3.8, 4) is 5.75 Å².